The molecule has 4 rings (SSSR count). The molecule has 0 aliphatic carbocycles. The van der Waals surface area contributed by atoms with Crippen molar-refractivity contribution in [3.8, 4) is 0 Å². The molecule has 208 valence electrons. The van der Waals surface area contributed by atoms with Crippen LogP contribution in [0.5, 0.6) is 0 Å². The van der Waals surface area contributed by atoms with Gasteiger partial charge in [0.2, 0.25) is 0 Å². The Labute approximate surface area is 233 Å². The van der Waals surface area contributed by atoms with E-state index in [0.717, 1.165) is 34.4 Å². The lowest BCUT2D eigenvalue weighted by molar-refractivity contribution is -0.0260. The van der Waals surface area contributed by atoms with Crippen LogP contribution in [0.15, 0.2) is 24.4 Å². The van der Waals surface area contributed by atoms with Gasteiger partial charge in [0.15, 0.2) is 4.96 Å². The van der Waals surface area contributed by atoms with Gasteiger partial charge in [-0.2, -0.15) is 11.8 Å². The van der Waals surface area contributed by atoms with Crippen LogP contribution in [0, 0.1) is 0 Å². The molecule has 0 N–H and O–H groups in total. The third-order valence-corrected chi connectivity index (χ3v) is 8.95. The zero-order chi connectivity index (χ0) is 27.9. The highest BCUT2D eigenvalue weighted by molar-refractivity contribution is 7.99. The summed E-state index contributed by atoms with van der Waals surface area (Å²) in [5, 5.41) is 0. The summed E-state index contributed by atoms with van der Waals surface area (Å²) in [6.07, 6.45) is 5.48. The number of carbonyl (C=O) groups excluding carboxylic acids is 2. The van der Waals surface area contributed by atoms with Gasteiger partial charge in [-0.25, -0.2) is 9.78 Å². The van der Waals surface area contributed by atoms with Crippen molar-refractivity contribution in [3.63, 3.8) is 0 Å². The fourth-order valence-corrected chi connectivity index (χ4v) is 6.06. The van der Waals surface area contributed by atoms with E-state index < -0.39 is 5.60 Å². The normalized spacial score (nSPS) is 18.3. The molecule has 3 heterocycles. The van der Waals surface area contributed by atoms with E-state index >= 15 is 0 Å². The number of amides is 2. The number of thioether (sulfide) groups is 1. The lowest BCUT2D eigenvalue weighted by Crippen LogP contribution is -2.45. The van der Waals surface area contributed by atoms with Crippen molar-refractivity contribution in [1.82, 2.24) is 19.2 Å². The van der Waals surface area contributed by atoms with Crippen LogP contribution in [-0.4, -0.2) is 80.1 Å². The molecule has 0 radical (unpaired) electrons. The minimum absolute atomic E-state index is 0.00663. The maximum atomic E-state index is 13.2. The summed E-state index contributed by atoms with van der Waals surface area (Å²) in [4.78, 5) is 36.0. The number of nitrogens with zero attached hydrogens (tertiary/aromatic N) is 4. The minimum atomic E-state index is -0.591. The lowest BCUT2D eigenvalue weighted by atomic mass is 10.0. The molecular weight excluding hydrogens is 520 g/mol. The van der Waals surface area contributed by atoms with Gasteiger partial charge in [-0.3, -0.25) is 9.20 Å². The Morgan fingerprint density at radius 1 is 1.26 bits per heavy atom. The summed E-state index contributed by atoms with van der Waals surface area (Å²) < 4.78 is 13.7. The van der Waals surface area contributed by atoms with E-state index in [1.165, 1.54) is 11.3 Å². The van der Waals surface area contributed by atoms with Crippen LogP contribution in [0.25, 0.3) is 16.0 Å². The second-order valence-corrected chi connectivity index (χ2v) is 14.6. The fourth-order valence-electron chi connectivity index (χ4n) is 4.75. The molecule has 8 nitrogen and oxygen atoms in total. The van der Waals surface area contributed by atoms with E-state index in [1.54, 1.807) is 21.6 Å². The molecule has 1 aliphatic rings. The first-order chi connectivity index (χ1) is 17.7. The van der Waals surface area contributed by atoms with Crippen LogP contribution < -0.4 is 0 Å². The van der Waals surface area contributed by atoms with Crippen LogP contribution >= 0.6 is 23.1 Å². The molecule has 10 heteroatoms. The Kier molecular flexibility index (Phi) is 8.08. The molecule has 1 unspecified atom stereocenters. The fraction of sp³-hybridized carbons (Fsp3) is 0.607. The van der Waals surface area contributed by atoms with Gasteiger partial charge < -0.3 is 19.3 Å². The van der Waals surface area contributed by atoms with Gasteiger partial charge in [0.05, 0.1) is 23.2 Å². The van der Waals surface area contributed by atoms with Gasteiger partial charge in [0, 0.05) is 37.7 Å². The summed E-state index contributed by atoms with van der Waals surface area (Å²) in [6, 6.07) is 6.02. The molecule has 0 saturated carbocycles. The standard InChI is InChI=1S/C28H40N4O4S2/c1-26(2,3)36-25(34)31(18-28(6)12-9-13-35-28)15-19-10-11-20-21(14-19)32-16-22(38-24(32)29-20)23(33)30(7)17-27(4,5)37-8/h10-11,14,16H,9,12-13,15,17-18H2,1-8H3. The molecule has 2 amide bonds. The molecule has 38 heavy (non-hydrogen) atoms. The van der Waals surface area contributed by atoms with Crippen molar-refractivity contribution in [2.24, 2.45) is 0 Å². The molecular formula is C28H40N4O4S2. The van der Waals surface area contributed by atoms with Gasteiger partial charge in [-0.05, 0) is 78.3 Å². The van der Waals surface area contributed by atoms with E-state index in [-0.39, 0.29) is 22.3 Å². The number of hydrogen-bond acceptors (Lipinski definition) is 7. The van der Waals surface area contributed by atoms with Crippen LogP contribution in [0.4, 0.5) is 4.79 Å². The van der Waals surface area contributed by atoms with Crippen molar-refractivity contribution >= 4 is 51.1 Å². The first-order valence-corrected chi connectivity index (χ1v) is 15.1. The van der Waals surface area contributed by atoms with Gasteiger partial charge in [-0.15, -0.1) is 0 Å². The average molecular weight is 561 g/mol. The predicted octanol–water partition coefficient (Wildman–Crippen LogP) is 6.07. The SMILES string of the molecule is CSC(C)(C)CN(C)C(=O)c1cn2c(nc3ccc(CN(CC4(C)CCCO4)C(=O)OC(C)(C)C)cc32)s1. The van der Waals surface area contributed by atoms with Crippen LogP contribution in [0.2, 0.25) is 0 Å². The lowest BCUT2D eigenvalue weighted by Gasteiger charge is -2.33. The zero-order valence-corrected chi connectivity index (χ0v) is 25.4. The molecule has 3 aromatic rings. The number of aromatic nitrogens is 2. The van der Waals surface area contributed by atoms with E-state index in [1.807, 2.05) is 56.6 Å². The molecule has 1 aliphatic heterocycles. The van der Waals surface area contributed by atoms with E-state index in [0.29, 0.717) is 31.1 Å². The van der Waals surface area contributed by atoms with E-state index in [2.05, 4.69) is 27.0 Å². The maximum Gasteiger partial charge on any atom is 0.410 e. The van der Waals surface area contributed by atoms with Gasteiger partial charge >= 0.3 is 6.09 Å². The third kappa shape index (κ3) is 6.63. The highest BCUT2D eigenvalue weighted by Crippen LogP contribution is 2.30. The Morgan fingerprint density at radius 2 is 2.00 bits per heavy atom. The molecule has 1 fully saturated rings. The third-order valence-electron chi connectivity index (χ3n) is 6.75. The average Bonchev–Trinajstić information content (AvgIpc) is 3.51. The molecule has 0 bridgehead atoms. The Hall–Kier alpha value is -2.30. The Morgan fingerprint density at radius 3 is 2.63 bits per heavy atom. The van der Waals surface area contributed by atoms with Crippen LogP contribution in [-0.2, 0) is 16.0 Å². The second-order valence-electron chi connectivity index (χ2n) is 12.0. The highest BCUT2D eigenvalue weighted by Gasteiger charge is 2.35. The second kappa shape index (κ2) is 10.7. The number of benzene rings is 1. The number of rotatable bonds is 8. The topological polar surface area (TPSA) is 76.4 Å². The van der Waals surface area contributed by atoms with Crippen molar-refractivity contribution in [2.75, 3.05) is 33.0 Å². The largest absolute Gasteiger partial charge is 0.444 e. The van der Waals surface area contributed by atoms with Gasteiger partial charge in [-0.1, -0.05) is 17.4 Å². The molecule has 2 aromatic heterocycles. The smallest absolute Gasteiger partial charge is 0.410 e. The predicted molar refractivity (Wildman–Crippen MR) is 155 cm³/mol. The number of imidazole rings is 1. The van der Waals surface area contributed by atoms with Crippen molar-refractivity contribution in [1.29, 1.82) is 0 Å². The minimum Gasteiger partial charge on any atom is -0.444 e. The molecule has 0 spiro atoms. The van der Waals surface area contributed by atoms with Gasteiger partial charge in [0.25, 0.3) is 5.91 Å². The summed E-state index contributed by atoms with van der Waals surface area (Å²) in [7, 11) is 1.85. The Bertz CT molecular complexity index is 1320. The number of thiazole rings is 1. The quantitative estimate of drug-likeness (QED) is 0.333. The van der Waals surface area contributed by atoms with Gasteiger partial charge in [0.1, 0.15) is 10.5 Å². The van der Waals surface area contributed by atoms with E-state index in [9.17, 15) is 9.59 Å². The molecule has 1 atom stereocenters. The van der Waals surface area contributed by atoms with Crippen molar-refractivity contribution in [2.45, 2.75) is 76.9 Å². The van der Waals surface area contributed by atoms with Crippen LogP contribution in [0.3, 0.4) is 0 Å². The number of hydrogen-bond donors (Lipinski definition) is 0. The maximum absolute atomic E-state index is 13.2. The van der Waals surface area contributed by atoms with Crippen molar-refractivity contribution < 1.29 is 19.1 Å². The summed E-state index contributed by atoms with van der Waals surface area (Å²) >= 11 is 3.14. The monoisotopic (exact) mass is 560 g/mol. The highest BCUT2D eigenvalue weighted by atomic mass is 32.2. The Balaban J connectivity index is 1.60. The van der Waals surface area contributed by atoms with Crippen LogP contribution in [0.1, 0.15) is 69.6 Å². The summed E-state index contributed by atoms with van der Waals surface area (Å²) in [5.41, 5.74) is 1.75. The zero-order valence-electron chi connectivity index (χ0n) is 23.8. The number of ether oxygens (including phenoxy) is 2. The molecule has 1 saturated heterocycles. The first kappa shape index (κ1) is 28.7. The molecule has 1 aromatic carbocycles. The van der Waals surface area contributed by atoms with E-state index in [4.69, 9.17) is 14.5 Å². The van der Waals surface area contributed by atoms with Crippen molar-refractivity contribution in [3.05, 3.63) is 34.8 Å². The number of carbonyl (C=O) groups is 2. The number of fused-ring (bicyclic) bond motifs is 3. The summed E-state index contributed by atoms with van der Waals surface area (Å²) in [5.74, 6) is -0.00663. The summed E-state index contributed by atoms with van der Waals surface area (Å²) in [6.45, 7) is 14.2. The first-order valence-electron chi connectivity index (χ1n) is 13.0.